The highest BCUT2D eigenvalue weighted by Gasteiger charge is 2.31. The number of hydrogen-bond acceptors (Lipinski definition) is 6. The van der Waals surface area contributed by atoms with Crippen LogP contribution in [0.25, 0.3) is 0 Å². The van der Waals surface area contributed by atoms with Crippen molar-refractivity contribution in [2.24, 2.45) is 0 Å². The van der Waals surface area contributed by atoms with Crippen LogP contribution in [0.4, 0.5) is 11.5 Å². The Balaban J connectivity index is 0.00000240. The molecule has 0 spiro atoms. The molecule has 0 aliphatic carbocycles. The largest absolute Gasteiger partial charge is 0.493 e. The molecule has 0 unspecified atom stereocenters. The number of fused-ring (bicyclic) bond motifs is 1. The van der Waals surface area contributed by atoms with E-state index in [0.29, 0.717) is 12.0 Å². The lowest BCUT2D eigenvalue weighted by atomic mass is 9.92. The molecule has 2 aliphatic rings. The van der Waals surface area contributed by atoms with Crippen molar-refractivity contribution in [1.82, 2.24) is 9.88 Å². The summed E-state index contributed by atoms with van der Waals surface area (Å²) in [5.74, 6) is 3.17. The summed E-state index contributed by atoms with van der Waals surface area (Å²) in [6.07, 6.45) is 3.01. The minimum Gasteiger partial charge on any atom is -0.493 e. The zero-order valence-corrected chi connectivity index (χ0v) is 18.2. The van der Waals surface area contributed by atoms with Crippen LogP contribution < -0.4 is 19.7 Å². The second-order valence-electron chi connectivity index (χ2n) is 7.64. The van der Waals surface area contributed by atoms with Gasteiger partial charge in [-0.3, -0.25) is 4.90 Å². The van der Waals surface area contributed by atoms with Gasteiger partial charge in [0, 0.05) is 56.1 Å². The summed E-state index contributed by atoms with van der Waals surface area (Å²) in [6, 6.07) is 10.8. The van der Waals surface area contributed by atoms with Gasteiger partial charge in [0.2, 0.25) is 0 Å². The van der Waals surface area contributed by atoms with Gasteiger partial charge in [0.1, 0.15) is 5.82 Å². The Morgan fingerprint density at radius 1 is 1.07 bits per heavy atom. The highest BCUT2D eigenvalue weighted by Crippen LogP contribution is 2.44. The van der Waals surface area contributed by atoms with Gasteiger partial charge in [-0.25, -0.2) is 4.98 Å². The van der Waals surface area contributed by atoms with Crippen molar-refractivity contribution in [2.75, 3.05) is 57.2 Å². The number of pyridine rings is 1. The van der Waals surface area contributed by atoms with Crippen LogP contribution >= 0.6 is 12.4 Å². The number of aromatic nitrogens is 1. The summed E-state index contributed by atoms with van der Waals surface area (Å²) < 4.78 is 11.0. The predicted molar refractivity (Wildman–Crippen MR) is 120 cm³/mol. The SMILES string of the molecule is COc1cc2c(cc1OC)[C@H](CCN1CCN(c3ccccn3)CC1)[C@H](C)N2.Cl. The number of halogens is 1. The Bertz CT molecular complexity index is 797. The van der Waals surface area contributed by atoms with E-state index in [-0.39, 0.29) is 12.4 Å². The molecule has 29 heavy (non-hydrogen) atoms. The molecule has 1 N–H and O–H groups in total. The first kappa shape index (κ1) is 21.5. The van der Waals surface area contributed by atoms with Crippen molar-refractivity contribution in [3.8, 4) is 11.5 Å². The number of nitrogens with zero attached hydrogens (tertiary/aromatic N) is 3. The lowest BCUT2D eigenvalue weighted by Crippen LogP contribution is -2.47. The number of benzene rings is 1. The summed E-state index contributed by atoms with van der Waals surface area (Å²) in [5, 5.41) is 3.62. The molecular formula is C22H31ClN4O2. The van der Waals surface area contributed by atoms with Crippen molar-refractivity contribution < 1.29 is 9.47 Å². The standard InChI is InChI=1S/C22H30N4O2.ClH/c1-16-17(18-14-20(27-2)21(28-3)15-19(18)24-16)7-9-25-10-12-26(13-11-25)22-6-4-5-8-23-22;/h4-6,8,14-17,24H,7,9-13H2,1-3H3;1H/t16-,17+;/m0./s1. The first-order valence-corrected chi connectivity index (χ1v) is 10.1. The van der Waals surface area contributed by atoms with Crippen molar-refractivity contribution in [3.05, 3.63) is 42.1 Å². The van der Waals surface area contributed by atoms with E-state index in [1.165, 1.54) is 11.3 Å². The molecule has 158 valence electrons. The summed E-state index contributed by atoms with van der Waals surface area (Å²) in [6.45, 7) is 7.63. The van der Waals surface area contributed by atoms with Crippen LogP contribution in [0.15, 0.2) is 36.5 Å². The Morgan fingerprint density at radius 2 is 1.79 bits per heavy atom. The molecule has 2 aliphatic heterocycles. The van der Waals surface area contributed by atoms with Crippen molar-refractivity contribution in [1.29, 1.82) is 0 Å². The van der Waals surface area contributed by atoms with E-state index < -0.39 is 0 Å². The molecule has 0 saturated carbocycles. The van der Waals surface area contributed by atoms with E-state index in [0.717, 1.165) is 56.5 Å². The van der Waals surface area contributed by atoms with Gasteiger partial charge in [-0.15, -0.1) is 12.4 Å². The monoisotopic (exact) mass is 418 g/mol. The second kappa shape index (κ2) is 9.55. The van der Waals surface area contributed by atoms with Crippen LogP contribution in [-0.4, -0.2) is 62.9 Å². The van der Waals surface area contributed by atoms with Crippen LogP contribution in [0.1, 0.15) is 24.8 Å². The Kier molecular flexibility index (Phi) is 7.09. The molecule has 0 bridgehead atoms. The minimum absolute atomic E-state index is 0. The van der Waals surface area contributed by atoms with Gasteiger partial charge >= 0.3 is 0 Å². The van der Waals surface area contributed by atoms with Crippen molar-refractivity contribution in [3.63, 3.8) is 0 Å². The molecule has 3 heterocycles. The van der Waals surface area contributed by atoms with Gasteiger partial charge in [0.15, 0.2) is 11.5 Å². The topological polar surface area (TPSA) is 49.9 Å². The third-order valence-corrected chi connectivity index (χ3v) is 6.04. The molecule has 1 aromatic carbocycles. The van der Waals surface area contributed by atoms with E-state index in [1.54, 1.807) is 14.2 Å². The summed E-state index contributed by atoms with van der Waals surface area (Å²) in [5.41, 5.74) is 2.52. The van der Waals surface area contributed by atoms with E-state index >= 15 is 0 Å². The second-order valence-corrected chi connectivity index (χ2v) is 7.64. The number of methoxy groups -OCH3 is 2. The Labute approximate surface area is 179 Å². The molecule has 1 aromatic heterocycles. The number of anilines is 2. The van der Waals surface area contributed by atoms with E-state index in [4.69, 9.17) is 9.47 Å². The fraction of sp³-hybridized carbons (Fsp3) is 0.500. The van der Waals surface area contributed by atoms with Gasteiger partial charge in [0.05, 0.1) is 14.2 Å². The molecule has 2 aromatic rings. The number of rotatable bonds is 6. The maximum absolute atomic E-state index is 5.52. The molecular weight excluding hydrogens is 388 g/mol. The quantitative estimate of drug-likeness (QED) is 0.773. The Hall–Kier alpha value is -2.18. The Morgan fingerprint density at radius 3 is 2.45 bits per heavy atom. The van der Waals surface area contributed by atoms with Crippen molar-refractivity contribution >= 4 is 23.9 Å². The van der Waals surface area contributed by atoms with Crippen molar-refractivity contribution in [2.45, 2.75) is 25.3 Å². The smallest absolute Gasteiger partial charge is 0.162 e. The predicted octanol–water partition coefficient (Wildman–Crippen LogP) is 3.63. The average Bonchev–Trinajstić information content (AvgIpc) is 3.06. The van der Waals surface area contributed by atoms with Gasteiger partial charge in [-0.1, -0.05) is 6.07 Å². The van der Waals surface area contributed by atoms with Gasteiger partial charge in [0.25, 0.3) is 0 Å². The first-order chi connectivity index (χ1) is 13.7. The minimum atomic E-state index is 0. The molecule has 0 radical (unpaired) electrons. The molecule has 0 amide bonds. The molecule has 2 atom stereocenters. The van der Waals surface area contributed by atoms with Gasteiger partial charge in [-0.2, -0.15) is 0 Å². The highest BCUT2D eigenvalue weighted by atomic mass is 35.5. The first-order valence-electron chi connectivity index (χ1n) is 10.1. The molecule has 7 heteroatoms. The lowest BCUT2D eigenvalue weighted by molar-refractivity contribution is 0.246. The van der Waals surface area contributed by atoms with Crippen LogP contribution in [-0.2, 0) is 0 Å². The fourth-order valence-electron chi connectivity index (χ4n) is 4.41. The number of piperazine rings is 1. The molecule has 1 fully saturated rings. The lowest BCUT2D eigenvalue weighted by Gasteiger charge is -2.36. The number of ether oxygens (including phenoxy) is 2. The highest BCUT2D eigenvalue weighted by molar-refractivity contribution is 5.85. The normalized spacial score (nSPS) is 21.1. The third kappa shape index (κ3) is 4.54. The summed E-state index contributed by atoms with van der Waals surface area (Å²) in [7, 11) is 3.39. The van der Waals surface area contributed by atoms with Crippen LogP contribution in [0.5, 0.6) is 11.5 Å². The van der Waals surface area contributed by atoms with E-state index in [2.05, 4.69) is 51.3 Å². The van der Waals surface area contributed by atoms with Gasteiger partial charge < -0.3 is 19.7 Å². The summed E-state index contributed by atoms with van der Waals surface area (Å²) in [4.78, 5) is 9.43. The van der Waals surface area contributed by atoms with Gasteiger partial charge in [-0.05, 0) is 43.7 Å². The molecule has 4 rings (SSSR count). The fourth-order valence-corrected chi connectivity index (χ4v) is 4.41. The molecule has 6 nitrogen and oxygen atoms in total. The molecule has 1 saturated heterocycles. The average molecular weight is 419 g/mol. The number of nitrogens with one attached hydrogen (secondary N) is 1. The third-order valence-electron chi connectivity index (χ3n) is 6.04. The number of hydrogen-bond donors (Lipinski definition) is 1. The van der Waals surface area contributed by atoms with E-state index in [9.17, 15) is 0 Å². The van der Waals surface area contributed by atoms with Crippen LogP contribution in [0, 0.1) is 0 Å². The maximum Gasteiger partial charge on any atom is 0.162 e. The maximum atomic E-state index is 5.52. The summed E-state index contributed by atoms with van der Waals surface area (Å²) >= 11 is 0. The zero-order chi connectivity index (χ0) is 19.5. The van der Waals surface area contributed by atoms with Crippen LogP contribution in [0.3, 0.4) is 0 Å². The van der Waals surface area contributed by atoms with E-state index in [1.807, 2.05) is 12.3 Å². The zero-order valence-electron chi connectivity index (χ0n) is 17.4. The van der Waals surface area contributed by atoms with Crippen LogP contribution in [0.2, 0.25) is 0 Å².